The summed E-state index contributed by atoms with van der Waals surface area (Å²) in [4.78, 5) is 23.5. The van der Waals surface area contributed by atoms with Gasteiger partial charge in [0.1, 0.15) is 0 Å². The molecule has 21 heavy (non-hydrogen) atoms. The monoisotopic (exact) mass is 329 g/mol. The van der Waals surface area contributed by atoms with Crippen molar-refractivity contribution in [3.63, 3.8) is 0 Å². The van der Waals surface area contributed by atoms with Gasteiger partial charge >= 0.3 is 6.03 Å². The van der Waals surface area contributed by atoms with E-state index in [1.807, 2.05) is 0 Å². The van der Waals surface area contributed by atoms with E-state index >= 15 is 0 Å². The zero-order valence-corrected chi connectivity index (χ0v) is 12.9. The molecule has 3 N–H and O–H groups in total. The topological polar surface area (TPSA) is 70.2 Å². The molecular formula is C14H17Cl2N3O2. The number of hydrogen-bond acceptors (Lipinski definition) is 2. The summed E-state index contributed by atoms with van der Waals surface area (Å²) < 4.78 is 0. The highest BCUT2D eigenvalue weighted by atomic mass is 35.5. The van der Waals surface area contributed by atoms with E-state index in [4.69, 9.17) is 23.2 Å². The van der Waals surface area contributed by atoms with Gasteiger partial charge in [0.2, 0.25) is 0 Å². The lowest BCUT2D eigenvalue weighted by Gasteiger charge is -2.22. The number of hydrogen-bond donors (Lipinski definition) is 3. The Kier molecular flexibility index (Phi) is 5.70. The van der Waals surface area contributed by atoms with Gasteiger partial charge in [-0.1, -0.05) is 42.5 Å². The summed E-state index contributed by atoms with van der Waals surface area (Å²) in [5, 5.41) is 3.49. The van der Waals surface area contributed by atoms with Crippen molar-refractivity contribution in [2.45, 2.75) is 38.1 Å². The van der Waals surface area contributed by atoms with E-state index < -0.39 is 11.9 Å². The van der Waals surface area contributed by atoms with E-state index in [9.17, 15) is 9.59 Å². The molecular weight excluding hydrogens is 313 g/mol. The van der Waals surface area contributed by atoms with E-state index in [0.717, 1.165) is 25.7 Å². The Balaban J connectivity index is 1.80. The Labute approximate surface area is 133 Å². The lowest BCUT2D eigenvalue weighted by atomic mass is 9.96. The molecule has 3 amide bonds. The molecule has 5 nitrogen and oxygen atoms in total. The van der Waals surface area contributed by atoms with Crippen LogP contribution in [0, 0.1) is 0 Å². The summed E-state index contributed by atoms with van der Waals surface area (Å²) in [6.07, 6.45) is 5.43. The fourth-order valence-corrected chi connectivity index (χ4v) is 2.59. The highest BCUT2D eigenvalue weighted by Crippen LogP contribution is 2.22. The molecule has 0 saturated heterocycles. The van der Waals surface area contributed by atoms with Crippen molar-refractivity contribution < 1.29 is 9.59 Å². The van der Waals surface area contributed by atoms with Crippen molar-refractivity contribution in [2.24, 2.45) is 0 Å². The molecule has 2 rings (SSSR count). The lowest BCUT2D eigenvalue weighted by Crippen LogP contribution is -2.50. The summed E-state index contributed by atoms with van der Waals surface area (Å²) in [5.74, 6) is -0.452. The second-order valence-electron chi connectivity index (χ2n) is 5.02. The van der Waals surface area contributed by atoms with Crippen molar-refractivity contribution in [2.75, 3.05) is 0 Å². The highest BCUT2D eigenvalue weighted by molar-refractivity contribution is 6.42. The van der Waals surface area contributed by atoms with Crippen LogP contribution >= 0.6 is 23.2 Å². The standard InChI is InChI=1S/C14H17Cl2N3O2/c15-11-7-6-9(8-12(11)16)13(20)18-19-14(21)17-10-4-2-1-3-5-10/h6-8,10H,1-5H2,(H,18,20)(H2,17,19,21). The number of hydrazine groups is 1. The lowest BCUT2D eigenvalue weighted by molar-refractivity contribution is 0.0935. The molecule has 0 aromatic heterocycles. The predicted molar refractivity (Wildman–Crippen MR) is 82.5 cm³/mol. The highest BCUT2D eigenvalue weighted by Gasteiger charge is 2.16. The minimum atomic E-state index is -0.452. The van der Waals surface area contributed by atoms with Crippen molar-refractivity contribution in [1.82, 2.24) is 16.2 Å². The number of rotatable bonds is 2. The van der Waals surface area contributed by atoms with Crippen LogP contribution in [0.5, 0.6) is 0 Å². The summed E-state index contributed by atoms with van der Waals surface area (Å²) in [5.41, 5.74) is 4.99. The molecule has 114 valence electrons. The summed E-state index contributed by atoms with van der Waals surface area (Å²) >= 11 is 11.6. The molecule has 1 aliphatic carbocycles. The minimum Gasteiger partial charge on any atom is -0.334 e. The van der Waals surface area contributed by atoms with Gasteiger partial charge in [-0.15, -0.1) is 0 Å². The molecule has 0 heterocycles. The van der Waals surface area contributed by atoms with E-state index in [0.29, 0.717) is 10.6 Å². The summed E-state index contributed by atoms with van der Waals surface area (Å²) in [7, 11) is 0. The molecule has 7 heteroatoms. The Hall–Kier alpha value is -1.46. The second-order valence-corrected chi connectivity index (χ2v) is 5.83. The quantitative estimate of drug-likeness (QED) is 0.729. The third-order valence-electron chi connectivity index (χ3n) is 3.41. The summed E-state index contributed by atoms with van der Waals surface area (Å²) in [6.45, 7) is 0. The zero-order valence-electron chi connectivity index (χ0n) is 11.4. The minimum absolute atomic E-state index is 0.181. The maximum absolute atomic E-state index is 11.8. The van der Waals surface area contributed by atoms with Crippen LogP contribution in [0.25, 0.3) is 0 Å². The maximum Gasteiger partial charge on any atom is 0.333 e. The van der Waals surface area contributed by atoms with Gasteiger partial charge in [0.25, 0.3) is 5.91 Å². The Bertz CT molecular complexity index is 531. The second kappa shape index (κ2) is 7.52. The van der Waals surface area contributed by atoms with Gasteiger partial charge in [0.05, 0.1) is 10.0 Å². The molecule has 1 saturated carbocycles. The van der Waals surface area contributed by atoms with Crippen LogP contribution in [-0.2, 0) is 0 Å². The number of nitrogens with one attached hydrogen (secondary N) is 3. The largest absolute Gasteiger partial charge is 0.334 e. The SMILES string of the molecule is O=C(NNC(=O)c1ccc(Cl)c(Cl)c1)NC1CCCCC1. The van der Waals surface area contributed by atoms with Crippen LogP contribution in [0.1, 0.15) is 42.5 Å². The fourth-order valence-electron chi connectivity index (χ4n) is 2.29. The average Bonchev–Trinajstić information content (AvgIpc) is 2.48. The average molecular weight is 330 g/mol. The van der Waals surface area contributed by atoms with Gasteiger partial charge in [-0.2, -0.15) is 0 Å². The van der Waals surface area contributed by atoms with Crippen molar-refractivity contribution in [3.05, 3.63) is 33.8 Å². The molecule has 0 atom stereocenters. The summed E-state index contributed by atoms with van der Waals surface area (Å²) in [6, 6.07) is 4.28. The zero-order chi connectivity index (χ0) is 15.2. The number of amides is 3. The molecule has 1 aliphatic rings. The molecule has 0 bridgehead atoms. The first-order chi connectivity index (χ1) is 10.1. The predicted octanol–water partition coefficient (Wildman–Crippen LogP) is 3.27. The van der Waals surface area contributed by atoms with Crippen molar-refractivity contribution in [1.29, 1.82) is 0 Å². The van der Waals surface area contributed by atoms with Crippen LogP contribution in [-0.4, -0.2) is 18.0 Å². The fraction of sp³-hybridized carbons (Fsp3) is 0.429. The molecule has 0 unspecified atom stereocenters. The molecule has 1 aromatic rings. The number of halogens is 2. The Morgan fingerprint density at radius 1 is 1.00 bits per heavy atom. The molecule has 0 aliphatic heterocycles. The van der Waals surface area contributed by atoms with Gasteiger partial charge in [-0.3, -0.25) is 10.2 Å². The first-order valence-corrected chi connectivity index (χ1v) is 7.64. The van der Waals surface area contributed by atoms with Gasteiger partial charge in [0.15, 0.2) is 0 Å². The normalized spacial score (nSPS) is 15.3. The third kappa shape index (κ3) is 4.79. The van der Waals surface area contributed by atoms with Gasteiger partial charge in [0, 0.05) is 11.6 Å². The van der Waals surface area contributed by atoms with E-state index in [1.54, 1.807) is 0 Å². The maximum atomic E-state index is 11.8. The van der Waals surface area contributed by atoms with Crippen LogP contribution in [0.4, 0.5) is 4.79 Å². The van der Waals surface area contributed by atoms with E-state index in [1.165, 1.54) is 24.6 Å². The third-order valence-corrected chi connectivity index (χ3v) is 4.15. The van der Waals surface area contributed by atoms with Crippen LogP contribution in [0.2, 0.25) is 10.0 Å². The molecule has 0 radical (unpaired) electrons. The van der Waals surface area contributed by atoms with E-state index in [2.05, 4.69) is 16.2 Å². The molecule has 1 aromatic carbocycles. The first kappa shape index (κ1) is 15.9. The van der Waals surface area contributed by atoms with Crippen LogP contribution < -0.4 is 16.2 Å². The smallest absolute Gasteiger partial charge is 0.333 e. The number of carbonyl (C=O) groups excluding carboxylic acids is 2. The molecule has 1 fully saturated rings. The van der Waals surface area contributed by atoms with Gasteiger partial charge < -0.3 is 5.32 Å². The van der Waals surface area contributed by atoms with Crippen molar-refractivity contribution >= 4 is 35.1 Å². The van der Waals surface area contributed by atoms with Gasteiger partial charge in [-0.25, -0.2) is 10.2 Å². The van der Waals surface area contributed by atoms with Crippen LogP contribution in [0.3, 0.4) is 0 Å². The number of benzene rings is 1. The van der Waals surface area contributed by atoms with Crippen molar-refractivity contribution in [3.8, 4) is 0 Å². The van der Waals surface area contributed by atoms with Crippen LogP contribution in [0.15, 0.2) is 18.2 Å². The Morgan fingerprint density at radius 3 is 2.38 bits per heavy atom. The first-order valence-electron chi connectivity index (χ1n) is 6.88. The van der Waals surface area contributed by atoms with E-state index in [-0.39, 0.29) is 11.1 Å². The number of carbonyl (C=O) groups is 2. The Morgan fingerprint density at radius 2 is 1.71 bits per heavy atom. The molecule has 0 spiro atoms. The van der Waals surface area contributed by atoms with Gasteiger partial charge in [-0.05, 0) is 31.0 Å². The number of urea groups is 1.